The first-order valence-corrected chi connectivity index (χ1v) is 9.74. The van der Waals surface area contributed by atoms with E-state index in [2.05, 4.69) is 31.1 Å². The minimum Gasteiger partial charge on any atom is -0.339 e. The van der Waals surface area contributed by atoms with Crippen molar-refractivity contribution in [3.63, 3.8) is 0 Å². The highest BCUT2D eigenvalue weighted by molar-refractivity contribution is 9.10. The second-order valence-electron chi connectivity index (χ2n) is 6.69. The van der Waals surface area contributed by atoms with E-state index in [1.54, 1.807) is 30.1 Å². The molecule has 144 valence electrons. The average molecular weight is 444 g/mol. The normalized spacial score (nSPS) is 17.0. The smallest absolute Gasteiger partial charge is 0.255 e. The standard InChI is InChI=1S/C20H19BrFN5O/c1-26-19(28)11-17(13-4-6-23-7-5-13)25-20(26)27-9-8-24-18(12-27)15-3-2-14(22)10-16(15)21/h2-7,10-11,18,24H,8-9,12H2,1H3. The summed E-state index contributed by atoms with van der Waals surface area (Å²) in [5.41, 5.74) is 2.33. The molecule has 1 unspecified atom stereocenters. The molecule has 1 N–H and O–H groups in total. The van der Waals surface area contributed by atoms with Crippen LogP contribution in [-0.4, -0.2) is 34.2 Å². The Labute approximate surface area is 170 Å². The molecule has 2 aromatic heterocycles. The summed E-state index contributed by atoms with van der Waals surface area (Å²) in [6, 6.07) is 9.90. The number of rotatable bonds is 3. The maximum atomic E-state index is 13.4. The van der Waals surface area contributed by atoms with Crippen molar-refractivity contribution in [1.29, 1.82) is 0 Å². The molecule has 0 radical (unpaired) electrons. The van der Waals surface area contributed by atoms with Crippen molar-refractivity contribution in [2.45, 2.75) is 6.04 Å². The third-order valence-electron chi connectivity index (χ3n) is 4.88. The van der Waals surface area contributed by atoms with Crippen LogP contribution in [0.4, 0.5) is 10.3 Å². The second kappa shape index (κ2) is 7.81. The summed E-state index contributed by atoms with van der Waals surface area (Å²) in [6.45, 7) is 2.06. The molecule has 1 aliphatic rings. The zero-order chi connectivity index (χ0) is 19.7. The molecule has 1 atom stereocenters. The number of hydrogen-bond acceptors (Lipinski definition) is 5. The summed E-state index contributed by atoms with van der Waals surface area (Å²) < 4.78 is 15.7. The van der Waals surface area contributed by atoms with Crippen molar-refractivity contribution in [2.75, 3.05) is 24.5 Å². The largest absolute Gasteiger partial charge is 0.339 e. The van der Waals surface area contributed by atoms with Gasteiger partial charge in [-0.25, -0.2) is 9.37 Å². The van der Waals surface area contributed by atoms with Crippen LogP contribution >= 0.6 is 15.9 Å². The van der Waals surface area contributed by atoms with Crippen LogP contribution in [0.25, 0.3) is 11.3 Å². The van der Waals surface area contributed by atoms with E-state index in [1.165, 1.54) is 18.2 Å². The van der Waals surface area contributed by atoms with Crippen molar-refractivity contribution >= 4 is 21.9 Å². The van der Waals surface area contributed by atoms with Gasteiger partial charge in [0.05, 0.1) is 11.7 Å². The third kappa shape index (κ3) is 3.70. The molecule has 28 heavy (non-hydrogen) atoms. The van der Waals surface area contributed by atoms with E-state index in [-0.39, 0.29) is 17.4 Å². The van der Waals surface area contributed by atoms with E-state index in [0.29, 0.717) is 18.2 Å². The van der Waals surface area contributed by atoms with Gasteiger partial charge in [-0.05, 0) is 29.8 Å². The Morgan fingerprint density at radius 1 is 1.21 bits per heavy atom. The fraction of sp³-hybridized carbons (Fsp3) is 0.250. The highest BCUT2D eigenvalue weighted by Crippen LogP contribution is 2.28. The number of aromatic nitrogens is 3. The Hall–Kier alpha value is -2.58. The monoisotopic (exact) mass is 443 g/mol. The summed E-state index contributed by atoms with van der Waals surface area (Å²) in [6.07, 6.45) is 3.36. The fourth-order valence-electron chi connectivity index (χ4n) is 3.40. The number of halogens is 2. The number of benzene rings is 1. The van der Waals surface area contributed by atoms with Gasteiger partial charge >= 0.3 is 0 Å². The van der Waals surface area contributed by atoms with Gasteiger partial charge in [-0.2, -0.15) is 0 Å². The van der Waals surface area contributed by atoms with Crippen LogP contribution in [-0.2, 0) is 7.05 Å². The zero-order valence-corrected chi connectivity index (χ0v) is 16.9. The molecule has 3 aromatic rings. The van der Waals surface area contributed by atoms with Crippen molar-refractivity contribution in [1.82, 2.24) is 19.9 Å². The van der Waals surface area contributed by atoms with Gasteiger partial charge in [0.2, 0.25) is 5.95 Å². The molecule has 1 saturated heterocycles. The second-order valence-corrected chi connectivity index (χ2v) is 7.55. The number of nitrogens with zero attached hydrogens (tertiary/aromatic N) is 4. The number of hydrogen-bond donors (Lipinski definition) is 1. The van der Waals surface area contributed by atoms with E-state index in [0.717, 1.165) is 28.7 Å². The SMILES string of the molecule is Cn1c(N2CCNC(c3ccc(F)cc3Br)C2)nc(-c2ccncc2)cc1=O. The van der Waals surface area contributed by atoms with E-state index in [4.69, 9.17) is 4.98 Å². The van der Waals surface area contributed by atoms with Gasteiger partial charge in [-0.15, -0.1) is 0 Å². The summed E-state index contributed by atoms with van der Waals surface area (Å²) >= 11 is 3.45. The minimum absolute atomic E-state index is 0.00907. The maximum Gasteiger partial charge on any atom is 0.255 e. The van der Waals surface area contributed by atoms with Crippen molar-refractivity contribution < 1.29 is 4.39 Å². The Bertz CT molecular complexity index is 1060. The molecule has 3 heterocycles. The van der Waals surface area contributed by atoms with Crippen LogP contribution in [0.2, 0.25) is 0 Å². The molecule has 1 aliphatic heterocycles. The van der Waals surface area contributed by atoms with E-state index in [9.17, 15) is 9.18 Å². The van der Waals surface area contributed by atoms with Crippen LogP contribution in [0.1, 0.15) is 11.6 Å². The molecule has 4 rings (SSSR count). The van der Waals surface area contributed by atoms with E-state index < -0.39 is 0 Å². The Kier molecular flexibility index (Phi) is 5.23. The quantitative estimate of drug-likeness (QED) is 0.674. The summed E-state index contributed by atoms with van der Waals surface area (Å²) in [4.78, 5) is 23.4. The Morgan fingerprint density at radius 3 is 2.75 bits per heavy atom. The zero-order valence-electron chi connectivity index (χ0n) is 15.3. The summed E-state index contributed by atoms with van der Waals surface area (Å²) in [5.74, 6) is 0.335. The van der Waals surface area contributed by atoms with Crippen molar-refractivity contribution in [2.24, 2.45) is 7.05 Å². The van der Waals surface area contributed by atoms with Crippen LogP contribution < -0.4 is 15.8 Å². The van der Waals surface area contributed by atoms with E-state index in [1.807, 2.05) is 12.1 Å². The topological polar surface area (TPSA) is 63.1 Å². The first kappa shape index (κ1) is 18.8. The molecule has 0 spiro atoms. The lowest BCUT2D eigenvalue weighted by Gasteiger charge is -2.35. The highest BCUT2D eigenvalue weighted by atomic mass is 79.9. The molecule has 0 saturated carbocycles. The van der Waals surface area contributed by atoms with Gasteiger partial charge in [0.15, 0.2) is 0 Å². The average Bonchev–Trinajstić information content (AvgIpc) is 2.70. The van der Waals surface area contributed by atoms with Gasteiger partial charge in [0.25, 0.3) is 5.56 Å². The van der Waals surface area contributed by atoms with Gasteiger partial charge in [0, 0.05) is 55.2 Å². The molecule has 0 aliphatic carbocycles. The van der Waals surface area contributed by atoms with Crippen LogP contribution in [0, 0.1) is 5.82 Å². The molecule has 0 amide bonds. The predicted octanol–water partition coefficient (Wildman–Crippen LogP) is 2.89. The first-order chi connectivity index (χ1) is 13.5. The van der Waals surface area contributed by atoms with Crippen LogP contribution in [0.5, 0.6) is 0 Å². The Balaban J connectivity index is 1.68. The fourth-order valence-corrected chi connectivity index (χ4v) is 4.03. The molecule has 1 aromatic carbocycles. The lowest BCUT2D eigenvalue weighted by molar-refractivity contribution is 0.460. The number of nitrogens with one attached hydrogen (secondary N) is 1. The predicted molar refractivity (Wildman–Crippen MR) is 110 cm³/mol. The van der Waals surface area contributed by atoms with Gasteiger partial charge in [-0.1, -0.05) is 22.0 Å². The first-order valence-electron chi connectivity index (χ1n) is 8.94. The lowest BCUT2D eigenvalue weighted by Crippen LogP contribution is -2.47. The number of pyridine rings is 1. The number of piperazine rings is 1. The molecule has 0 bridgehead atoms. The summed E-state index contributed by atoms with van der Waals surface area (Å²) in [5, 5.41) is 3.46. The van der Waals surface area contributed by atoms with Crippen LogP contribution in [0.15, 0.2) is 58.1 Å². The molecular weight excluding hydrogens is 425 g/mol. The van der Waals surface area contributed by atoms with Gasteiger partial charge in [0.1, 0.15) is 5.82 Å². The molecule has 8 heteroatoms. The highest BCUT2D eigenvalue weighted by Gasteiger charge is 2.25. The number of anilines is 1. The van der Waals surface area contributed by atoms with Crippen molar-refractivity contribution in [3.8, 4) is 11.3 Å². The maximum absolute atomic E-state index is 13.4. The molecule has 6 nitrogen and oxygen atoms in total. The lowest BCUT2D eigenvalue weighted by atomic mass is 10.0. The van der Waals surface area contributed by atoms with E-state index >= 15 is 0 Å². The minimum atomic E-state index is -0.280. The van der Waals surface area contributed by atoms with Gasteiger partial charge in [-0.3, -0.25) is 14.3 Å². The van der Waals surface area contributed by atoms with Crippen molar-refractivity contribution in [3.05, 3.63) is 75.0 Å². The third-order valence-corrected chi connectivity index (χ3v) is 5.57. The summed E-state index contributed by atoms with van der Waals surface area (Å²) in [7, 11) is 1.73. The van der Waals surface area contributed by atoms with Gasteiger partial charge < -0.3 is 10.2 Å². The molecule has 1 fully saturated rings. The Morgan fingerprint density at radius 2 is 2.00 bits per heavy atom. The van der Waals surface area contributed by atoms with Crippen LogP contribution in [0.3, 0.4) is 0 Å². The molecular formula is C20H19BrFN5O.